The van der Waals surface area contributed by atoms with E-state index in [1.807, 2.05) is 23.2 Å². The molecule has 0 spiro atoms. The van der Waals surface area contributed by atoms with E-state index in [0.717, 1.165) is 30.4 Å². The minimum atomic E-state index is -0.131. The van der Waals surface area contributed by atoms with Crippen LogP contribution in [0.25, 0.3) is 11.0 Å². The highest BCUT2D eigenvalue weighted by Crippen LogP contribution is 2.42. The zero-order valence-corrected chi connectivity index (χ0v) is 10.6. The van der Waals surface area contributed by atoms with E-state index in [0.29, 0.717) is 18.2 Å². The fourth-order valence-electron chi connectivity index (χ4n) is 3.26. The van der Waals surface area contributed by atoms with Crippen LogP contribution in [0.4, 0.5) is 0 Å². The molecule has 2 aliphatic rings. The van der Waals surface area contributed by atoms with Crippen LogP contribution >= 0.6 is 0 Å². The summed E-state index contributed by atoms with van der Waals surface area (Å²) in [6, 6.07) is 5.56. The molecular weight excluding hydrogens is 240 g/mol. The number of pyridine rings is 1. The van der Waals surface area contributed by atoms with Crippen LogP contribution in [0.2, 0.25) is 0 Å². The smallest absolute Gasteiger partial charge is 0.272 e. The van der Waals surface area contributed by atoms with E-state index in [4.69, 9.17) is 5.73 Å². The summed E-state index contributed by atoms with van der Waals surface area (Å²) in [5.41, 5.74) is 8.43. The average Bonchev–Trinajstić information content (AvgIpc) is 2.95. The number of hydrogen-bond donors (Lipinski definition) is 2. The second kappa shape index (κ2) is 3.57. The van der Waals surface area contributed by atoms with Crippen molar-refractivity contribution < 1.29 is 4.79 Å². The summed E-state index contributed by atoms with van der Waals surface area (Å²) in [6.07, 6.45) is 4.01. The van der Waals surface area contributed by atoms with Gasteiger partial charge in [0.15, 0.2) is 0 Å². The minimum Gasteiger partial charge on any atom is -0.360 e. The van der Waals surface area contributed by atoms with Crippen LogP contribution < -0.4 is 5.73 Å². The highest BCUT2D eigenvalue weighted by molar-refractivity contribution is 5.94. The first-order chi connectivity index (χ1) is 9.16. The van der Waals surface area contributed by atoms with E-state index in [-0.39, 0.29) is 11.4 Å². The molecule has 1 aliphatic heterocycles. The van der Waals surface area contributed by atoms with Crippen molar-refractivity contribution in [3.63, 3.8) is 0 Å². The Morgan fingerprint density at radius 1 is 1.47 bits per heavy atom. The summed E-state index contributed by atoms with van der Waals surface area (Å²) in [4.78, 5) is 21.8. The Bertz CT molecular complexity index is 664. The summed E-state index contributed by atoms with van der Waals surface area (Å²) in [7, 11) is 0. The average molecular weight is 256 g/mol. The van der Waals surface area contributed by atoms with Crippen molar-refractivity contribution in [1.82, 2.24) is 14.9 Å². The molecule has 0 unspecified atom stereocenters. The molecule has 3 N–H and O–H groups in total. The number of nitrogens with two attached hydrogens (primary N) is 1. The summed E-state index contributed by atoms with van der Waals surface area (Å²) >= 11 is 0. The normalized spacial score (nSPS) is 29.3. The predicted molar refractivity (Wildman–Crippen MR) is 71.6 cm³/mol. The van der Waals surface area contributed by atoms with Gasteiger partial charge < -0.3 is 15.6 Å². The summed E-state index contributed by atoms with van der Waals surface area (Å²) < 4.78 is 0. The minimum absolute atomic E-state index is 0.00215. The molecule has 0 bridgehead atoms. The molecule has 3 heterocycles. The molecule has 2 aromatic rings. The highest BCUT2D eigenvalue weighted by Gasteiger charge is 2.51. The number of nitrogens with zero attached hydrogens (tertiary/aromatic N) is 2. The Morgan fingerprint density at radius 2 is 2.37 bits per heavy atom. The molecule has 1 saturated carbocycles. The lowest BCUT2D eigenvalue weighted by Crippen LogP contribution is -2.54. The van der Waals surface area contributed by atoms with Crippen molar-refractivity contribution in [3.8, 4) is 0 Å². The van der Waals surface area contributed by atoms with E-state index in [1.54, 1.807) is 6.07 Å². The summed E-state index contributed by atoms with van der Waals surface area (Å²) in [6.45, 7) is 1.45. The SMILES string of the molecule is N[C@]12CC[C@H]1CN(C(=O)c1ccc3[nH]ccc3n1)C2. The zero-order chi connectivity index (χ0) is 13.0. The predicted octanol–water partition coefficient (Wildman–Crippen LogP) is 1.13. The van der Waals surface area contributed by atoms with Gasteiger partial charge >= 0.3 is 0 Å². The Kier molecular flexibility index (Phi) is 2.07. The molecular formula is C14H16N4O. The number of aromatic amines is 1. The number of aromatic nitrogens is 2. The van der Waals surface area contributed by atoms with Gasteiger partial charge in [0, 0.05) is 24.8 Å². The molecule has 1 aliphatic carbocycles. The van der Waals surface area contributed by atoms with E-state index in [9.17, 15) is 4.79 Å². The Labute approximate surface area is 110 Å². The number of likely N-dealkylation sites (tertiary alicyclic amines) is 1. The van der Waals surface area contributed by atoms with Crippen LogP contribution in [-0.2, 0) is 0 Å². The van der Waals surface area contributed by atoms with E-state index < -0.39 is 0 Å². The number of rotatable bonds is 1. The fourth-order valence-corrected chi connectivity index (χ4v) is 3.26. The maximum atomic E-state index is 12.5. The van der Waals surface area contributed by atoms with Gasteiger partial charge in [-0.25, -0.2) is 4.98 Å². The molecule has 2 fully saturated rings. The lowest BCUT2D eigenvalue weighted by molar-refractivity contribution is 0.0779. The van der Waals surface area contributed by atoms with Crippen molar-refractivity contribution in [2.24, 2.45) is 11.7 Å². The zero-order valence-electron chi connectivity index (χ0n) is 10.6. The number of nitrogens with one attached hydrogen (secondary N) is 1. The number of fused-ring (bicyclic) bond motifs is 2. The van der Waals surface area contributed by atoms with Gasteiger partial charge in [0.1, 0.15) is 5.69 Å². The Balaban J connectivity index is 1.63. The molecule has 5 heteroatoms. The lowest BCUT2D eigenvalue weighted by Gasteiger charge is -2.39. The van der Waals surface area contributed by atoms with Gasteiger partial charge in [0.2, 0.25) is 0 Å². The van der Waals surface area contributed by atoms with Crippen LogP contribution in [0.1, 0.15) is 23.3 Å². The van der Waals surface area contributed by atoms with Gasteiger partial charge in [0.05, 0.1) is 11.0 Å². The molecule has 5 nitrogen and oxygen atoms in total. The first-order valence-corrected chi connectivity index (χ1v) is 6.68. The number of amides is 1. The van der Waals surface area contributed by atoms with Gasteiger partial charge in [-0.1, -0.05) is 0 Å². The summed E-state index contributed by atoms with van der Waals surface area (Å²) in [5.74, 6) is 0.481. The van der Waals surface area contributed by atoms with E-state index >= 15 is 0 Å². The van der Waals surface area contributed by atoms with Crippen LogP contribution in [0.3, 0.4) is 0 Å². The van der Waals surface area contributed by atoms with E-state index in [2.05, 4.69) is 9.97 Å². The third kappa shape index (κ3) is 1.51. The van der Waals surface area contributed by atoms with Crippen molar-refractivity contribution in [3.05, 3.63) is 30.1 Å². The first-order valence-electron chi connectivity index (χ1n) is 6.68. The van der Waals surface area contributed by atoms with Crippen molar-refractivity contribution in [2.75, 3.05) is 13.1 Å². The largest absolute Gasteiger partial charge is 0.360 e. The maximum absolute atomic E-state index is 12.5. The highest BCUT2D eigenvalue weighted by atomic mass is 16.2. The maximum Gasteiger partial charge on any atom is 0.272 e. The van der Waals surface area contributed by atoms with Crippen molar-refractivity contribution >= 4 is 16.9 Å². The lowest BCUT2D eigenvalue weighted by atomic mass is 9.70. The van der Waals surface area contributed by atoms with Gasteiger partial charge in [-0.05, 0) is 37.0 Å². The third-order valence-corrected chi connectivity index (χ3v) is 4.61. The van der Waals surface area contributed by atoms with Crippen LogP contribution in [0.15, 0.2) is 24.4 Å². The standard InChI is InChI=1S/C14H16N4O/c15-14-5-3-9(14)7-18(8-14)13(19)12-2-1-10-11(17-12)4-6-16-10/h1-2,4,6,9,16H,3,5,7-8,15H2/t9-,14-/m0/s1. The number of H-pyrrole nitrogens is 1. The topological polar surface area (TPSA) is 75.0 Å². The van der Waals surface area contributed by atoms with Crippen molar-refractivity contribution in [2.45, 2.75) is 18.4 Å². The molecule has 1 saturated heterocycles. The van der Waals surface area contributed by atoms with Gasteiger partial charge in [-0.3, -0.25) is 4.79 Å². The van der Waals surface area contributed by atoms with Gasteiger partial charge in [-0.2, -0.15) is 0 Å². The summed E-state index contributed by atoms with van der Waals surface area (Å²) in [5, 5.41) is 0. The van der Waals surface area contributed by atoms with Crippen molar-refractivity contribution in [1.29, 1.82) is 0 Å². The van der Waals surface area contributed by atoms with Crippen LogP contribution in [0.5, 0.6) is 0 Å². The number of hydrogen-bond acceptors (Lipinski definition) is 3. The molecule has 1 amide bonds. The Hall–Kier alpha value is -1.88. The molecule has 2 atom stereocenters. The monoisotopic (exact) mass is 256 g/mol. The molecule has 19 heavy (non-hydrogen) atoms. The number of carbonyl (C=O) groups excluding carboxylic acids is 1. The number of carbonyl (C=O) groups is 1. The fraction of sp³-hybridized carbons (Fsp3) is 0.429. The molecule has 98 valence electrons. The third-order valence-electron chi connectivity index (χ3n) is 4.61. The molecule has 4 rings (SSSR count). The molecule has 2 aromatic heterocycles. The second-order valence-electron chi connectivity index (χ2n) is 5.76. The van der Waals surface area contributed by atoms with Crippen LogP contribution in [-0.4, -0.2) is 39.4 Å². The quantitative estimate of drug-likeness (QED) is 0.803. The Morgan fingerprint density at radius 3 is 3.05 bits per heavy atom. The van der Waals surface area contributed by atoms with E-state index in [1.165, 1.54) is 0 Å². The second-order valence-corrected chi connectivity index (χ2v) is 5.76. The van der Waals surface area contributed by atoms with Crippen LogP contribution in [0, 0.1) is 5.92 Å². The van der Waals surface area contributed by atoms with Gasteiger partial charge in [-0.15, -0.1) is 0 Å². The molecule has 0 aromatic carbocycles. The first kappa shape index (κ1) is 11.0. The van der Waals surface area contributed by atoms with Gasteiger partial charge in [0.25, 0.3) is 5.91 Å². The molecule has 0 radical (unpaired) electrons.